The van der Waals surface area contributed by atoms with Gasteiger partial charge >= 0.3 is 6.09 Å². The molecule has 1 atom stereocenters. The second kappa shape index (κ2) is 10.2. The summed E-state index contributed by atoms with van der Waals surface area (Å²) in [5, 5.41) is 11.9. The highest BCUT2D eigenvalue weighted by molar-refractivity contribution is 9.10. The van der Waals surface area contributed by atoms with Gasteiger partial charge in [-0.2, -0.15) is 0 Å². The van der Waals surface area contributed by atoms with Crippen LogP contribution in [0.25, 0.3) is 11.1 Å². The number of amides is 1. The van der Waals surface area contributed by atoms with Gasteiger partial charge < -0.3 is 19.9 Å². The first-order chi connectivity index (χ1) is 15.6. The lowest BCUT2D eigenvalue weighted by atomic mass is 9.98. The molecule has 4 rings (SSSR count). The maximum absolute atomic E-state index is 12.6. The van der Waals surface area contributed by atoms with Gasteiger partial charge in [0.2, 0.25) is 0 Å². The maximum atomic E-state index is 12.6. The molecule has 0 saturated heterocycles. The first-order valence-electron chi connectivity index (χ1n) is 10.7. The number of carbonyl (C=O) groups excluding carboxylic acids is 1. The number of rotatable bonds is 8. The van der Waals surface area contributed by atoms with Crippen molar-refractivity contribution in [2.45, 2.75) is 25.3 Å². The molecule has 0 spiro atoms. The predicted octanol–water partition coefficient (Wildman–Crippen LogP) is 5.81. The Morgan fingerprint density at radius 1 is 1.06 bits per heavy atom. The van der Waals surface area contributed by atoms with Crippen molar-refractivity contribution < 1.29 is 19.4 Å². The molecule has 32 heavy (non-hydrogen) atoms. The Labute approximate surface area is 196 Å². The predicted molar refractivity (Wildman–Crippen MR) is 128 cm³/mol. The van der Waals surface area contributed by atoms with E-state index in [0.717, 1.165) is 10.0 Å². The van der Waals surface area contributed by atoms with Crippen LogP contribution in [-0.4, -0.2) is 31.0 Å². The lowest BCUT2D eigenvalue weighted by Gasteiger charge is -2.20. The molecule has 3 aromatic rings. The molecule has 0 heterocycles. The Kier molecular flexibility index (Phi) is 7.12. The average Bonchev–Trinajstić information content (AvgIpc) is 3.12. The fourth-order valence-electron chi connectivity index (χ4n) is 4.13. The van der Waals surface area contributed by atoms with Gasteiger partial charge in [0.25, 0.3) is 0 Å². The molecule has 0 aliphatic heterocycles. The van der Waals surface area contributed by atoms with Gasteiger partial charge in [0.15, 0.2) is 0 Å². The van der Waals surface area contributed by atoms with Crippen LogP contribution in [0.5, 0.6) is 5.75 Å². The zero-order valence-corrected chi connectivity index (χ0v) is 19.5. The molecule has 0 aromatic heterocycles. The molecule has 0 fully saturated rings. The number of halogens is 1. The van der Waals surface area contributed by atoms with Crippen LogP contribution in [0.15, 0.2) is 71.2 Å². The molecule has 166 valence electrons. The summed E-state index contributed by atoms with van der Waals surface area (Å²) in [4.78, 5) is 12.6. The van der Waals surface area contributed by atoms with E-state index in [1.54, 1.807) is 0 Å². The van der Waals surface area contributed by atoms with E-state index in [0.29, 0.717) is 18.8 Å². The summed E-state index contributed by atoms with van der Waals surface area (Å²) in [6.07, 6.45) is 0.0729. The Bertz CT molecular complexity index is 1060. The van der Waals surface area contributed by atoms with Gasteiger partial charge in [-0.25, -0.2) is 4.79 Å². The molecular formula is C26H26BrNO4. The van der Waals surface area contributed by atoms with Gasteiger partial charge in [-0.05, 0) is 41.3 Å². The molecule has 1 aliphatic carbocycles. The van der Waals surface area contributed by atoms with Crippen molar-refractivity contribution in [3.63, 3.8) is 0 Å². The highest BCUT2D eigenvalue weighted by Gasteiger charge is 2.29. The first-order valence-corrected chi connectivity index (χ1v) is 11.5. The van der Waals surface area contributed by atoms with Crippen LogP contribution in [0.4, 0.5) is 4.79 Å². The van der Waals surface area contributed by atoms with Crippen LogP contribution >= 0.6 is 15.9 Å². The minimum absolute atomic E-state index is 0.0218. The Hall–Kier alpha value is -2.83. The smallest absolute Gasteiger partial charge is 0.407 e. The van der Waals surface area contributed by atoms with E-state index in [-0.39, 0.29) is 25.2 Å². The molecular weight excluding hydrogens is 470 g/mol. The molecule has 1 amide bonds. The van der Waals surface area contributed by atoms with Crippen molar-refractivity contribution in [3.8, 4) is 16.9 Å². The van der Waals surface area contributed by atoms with E-state index >= 15 is 0 Å². The third kappa shape index (κ3) is 4.81. The van der Waals surface area contributed by atoms with E-state index < -0.39 is 6.09 Å². The molecule has 0 radical (unpaired) electrons. The molecule has 6 heteroatoms. The largest absolute Gasteiger partial charge is 0.493 e. The van der Waals surface area contributed by atoms with Gasteiger partial charge in [0, 0.05) is 29.0 Å². The number of fused-ring (bicyclic) bond motifs is 3. The Balaban J connectivity index is 1.42. The summed E-state index contributed by atoms with van der Waals surface area (Å²) < 4.78 is 12.3. The Morgan fingerprint density at radius 2 is 1.72 bits per heavy atom. The first kappa shape index (κ1) is 22.4. The summed E-state index contributed by atoms with van der Waals surface area (Å²) >= 11 is 3.45. The minimum atomic E-state index is -0.469. The van der Waals surface area contributed by atoms with Gasteiger partial charge in [-0.15, -0.1) is 0 Å². The number of carbonyl (C=O) groups is 1. The number of hydrogen-bond donors (Lipinski definition) is 2. The molecule has 1 unspecified atom stereocenters. The van der Waals surface area contributed by atoms with Crippen LogP contribution in [0.3, 0.4) is 0 Å². The van der Waals surface area contributed by atoms with Crippen molar-refractivity contribution in [3.05, 3.63) is 87.9 Å². The van der Waals surface area contributed by atoms with Crippen LogP contribution < -0.4 is 10.1 Å². The van der Waals surface area contributed by atoms with Crippen molar-refractivity contribution in [1.82, 2.24) is 5.32 Å². The highest BCUT2D eigenvalue weighted by atomic mass is 79.9. The van der Waals surface area contributed by atoms with E-state index in [9.17, 15) is 4.79 Å². The zero-order valence-electron chi connectivity index (χ0n) is 17.9. The summed E-state index contributed by atoms with van der Waals surface area (Å²) in [6.45, 7) is 2.63. The average molecular weight is 496 g/mol. The summed E-state index contributed by atoms with van der Waals surface area (Å²) in [5.41, 5.74) is 5.61. The van der Waals surface area contributed by atoms with Gasteiger partial charge in [0.05, 0.1) is 12.6 Å². The number of hydrogen-bond acceptors (Lipinski definition) is 4. The number of ether oxygens (including phenoxy) is 2. The van der Waals surface area contributed by atoms with Crippen LogP contribution in [-0.2, 0) is 4.74 Å². The molecule has 0 saturated carbocycles. The molecule has 3 aromatic carbocycles. The third-order valence-corrected chi connectivity index (χ3v) is 6.17. The number of alkyl carbamates (subject to hydrolysis) is 1. The Morgan fingerprint density at radius 3 is 2.38 bits per heavy atom. The second-order valence-corrected chi connectivity index (χ2v) is 8.72. The molecule has 5 nitrogen and oxygen atoms in total. The van der Waals surface area contributed by atoms with E-state index in [1.807, 2.05) is 49.4 Å². The summed E-state index contributed by atoms with van der Waals surface area (Å²) in [7, 11) is 0. The number of aliphatic hydroxyl groups is 1. The van der Waals surface area contributed by atoms with Crippen molar-refractivity contribution in [2.75, 3.05) is 19.8 Å². The molecule has 0 bridgehead atoms. The van der Waals surface area contributed by atoms with Crippen molar-refractivity contribution >= 4 is 22.0 Å². The van der Waals surface area contributed by atoms with Crippen LogP contribution in [0, 0.1) is 0 Å². The van der Waals surface area contributed by atoms with Gasteiger partial charge in [0.1, 0.15) is 12.4 Å². The minimum Gasteiger partial charge on any atom is -0.493 e. The number of aliphatic hydroxyl groups excluding tert-OH is 1. The molecule has 1 aliphatic rings. The summed E-state index contributed by atoms with van der Waals surface area (Å²) in [6, 6.07) is 21.9. The monoisotopic (exact) mass is 495 g/mol. The number of benzene rings is 3. The number of nitrogens with one attached hydrogen (secondary N) is 1. The quantitative estimate of drug-likeness (QED) is 0.387. The fraction of sp³-hybridized carbons (Fsp3) is 0.269. The zero-order chi connectivity index (χ0) is 22.5. The van der Waals surface area contributed by atoms with E-state index in [2.05, 4.69) is 45.5 Å². The van der Waals surface area contributed by atoms with Crippen LogP contribution in [0.1, 0.15) is 42.0 Å². The third-order valence-electron chi connectivity index (χ3n) is 5.68. The normalized spacial score (nSPS) is 13.2. The lowest BCUT2D eigenvalue weighted by molar-refractivity contribution is 0.139. The van der Waals surface area contributed by atoms with E-state index in [1.165, 1.54) is 22.3 Å². The SMILES string of the molecule is CC(NC(=O)OCC1c2ccccc2-c2ccccc21)c1ccc(Br)cc1OCCCO. The fourth-order valence-corrected chi connectivity index (χ4v) is 4.47. The maximum Gasteiger partial charge on any atom is 0.407 e. The molecule has 2 N–H and O–H groups in total. The van der Waals surface area contributed by atoms with E-state index in [4.69, 9.17) is 14.6 Å². The van der Waals surface area contributed by atoms with Gasteiger partial charge in [-0.1, -0.05) is 70.5 Å². The summed E-state index contributed by atoms with van der Waals surface area (Å²) in [5.74, 6) is 0.688. The van der Waals surface area contributed by atoms with Crippen LogP contribution in [0.2, 0.25) is 0 Å². The second-order valence-electron chi connectivity index (χ2n) is 7.80. The van der Waals surface area contributed by atoms with Crippen molar-refractivity contribution in [1.29, 1.82) is 0 Å². The van der Waals surface area contributed by atoms with Gasteiger partial charge in [-0.3, -0.25) is 0 Å². The highest BCUT2D eigenvalue weighted by Crippen LogP contribution is 2.44. The standard InChI is InChI=1S/C26H26BrNO4/c1-17(19-12-11-18(27)15-25(19)31-14-6-13-29)28-26(30)32-16-24-22-9-4-2-7-20(22)21-8-3-5-10-23(21)24/h2-5,7-12,15,17,24,29H,6,13-14,16H2,1H3,(H,28,30). The van der Waals surface area contributed by atoms with Crippen molar-refractivity contribution in [2.24, 2.45) is 0 Å². The topological polar surface area (TPSA) is 67.8 Å². The lowest BCUT2D eigenvalue weighted by Crippen LogP contribution is -2.29.